The van der Waals surface area contributed by atoms with Gasteiger partial charge in [-0.25, -0.2) is 0 Å². The molecule has 2 aromatic rings. The van der Waals surface area contributed by atoms with Crippen LogP contribution in [-0.4, -0.2) is 32.0 Å². The summed E-state index contributed by atoms with van der Waals surface area (Å²) < 4.78 is 0. The molecule has 23 heavy (non-hydrogen) atoms. The average Bonchev–Trinajstić information content (AvgIpc) is 2.57. The molecule has 2 aromatic carbocycles. The zero-order valence-electron chi connectivity index (χ0n) is 13.4. The van der Waals surface area contributed by atoms with Gasteiger partial charge in [0, 0.05) is 23.5 Å². The van der Waals surface area contributed by atoms with Gasteiger partial charge in [0.25, 0.3) is 5.91 Å². The summed E-state index contributed by atoms with van der Waals surface area (Å²) in [6.07, 6.45) is 0. The monoisotopic (exact) mass is 311 g/mol. The molecule has 0 aliphatic carbocycles. The summed E-state index contributed by atoms with van der Waals surface area (Å²) in [4.78, 5) is 25.9. The van der Waals surface area contributed by atoms with Gasteiger partial charge in [-0.2, -0.15) is 0 Å². The lowest BCUT2D eigenvalue weighted by Gasteiger charge is -2.21. The van der Waals surface area contributed by atoms with Crippen molar-refractivity contribution >= 4 is 23.2 Å². The van der Waals surface area contributed by atoms with Crippen molar-refractivity contribution in [3.63, 3.8) is 0 Å². The summed E-state index contributed by atoms with van der Waals surface area (Å²) in [6, 6.07) is 16.5. The molecule has 2 amide bonds. The van der Waals surface area contributed by atoms with Gasteiger partial charge in [-0.3, -0.25) is 9.59 Å². The molecular formula is C18H21N3O2. The summed E-state index contributed by atoms with van der Waals surface area (Å²) in [5, 5.41) is 5.54. The summed E-state index contributed by atoms with van der Waals surface area (Å²) in [5.41, 5.74) is 2.12. The zero-order valence-corrected chi connectivity index (χ0v) is 13.4. The Kier molecular flexibility index (Phi) is 5.88. The van der Waals surface area contributed by atoms with E-state index in [4.69, 9.17) is 0 Å². The number of nitrogens with zero attached hydrogens (tertiary/aromatic N) is 1. The van der Waals surface area contributed by atoms with Crippen LogP contribution in [0.5, 0.6) is 0 Å². The third-order valence-electron chi connectivity index (χ3n) is 3.38. The minimum absolute atomic E-state index is 0.0631. The largest absolute Gasteiger partial charge is 0.325 e. The standard InChI is InChI=1S/C18H21N3O2/c1-3-21(16-7-5-4-6-8-16)18(23)14-9-11-15(12-10-14)20-17(22)13-19-2/h4-12,19H,3,13H2,1-2H3,(H,20,22). The maximum atomic E-state index is 12.6. The molecule has 5 nitrogen and oxygen atoms in total. The highest BCUT2D eigenvalue weighted by atomic mass is 16.2. The summed E-state index contributed by atoms with van der Waals surface area (Å²) in [7, 11) is 1.71. The molecule has 0 aliphatic heterocycles. The van der Waals surface area contributed by atoms with E-state index in [0.29, 0.717) is 17.8 Å². The highest BCUT2D eigenvalue weighted by Gasteiger charge is 2.15. The number of hydrogen-bond acceptors (Lipinski definition) is 3. The number of para-hydroxylation sites is 1. The first-order valence-electron chi connectivity index (χ1n) is 7.57. The Morgan fingerprint density at radius 3 is 2.22 bits per heavy atom. The Hall–Kier alpha value is -2.66. The SMILES string of the molecule is CCN(C(=O)c1ccc(NC(=O)CNC)cc1)c1ccccc1. The van der Waals surface area contributed by atoms with E-state index in [2.05, 4.69) is 10.6 Å². The molecule has 0 atom stereocenters. The van der Waals surface area contributed by atoms with Gasteiger partial charge in [-0.05, 0) is 50.4 Å². The normalized spacial score (nSPS) is 10.2. The lowest BCUT2D eigenvalue weighted by Crippen LogP contribution is -2.30. The van der Waals surface area contributed by atoms with Gasteiger partial charge in [0.1, 0.15) is 0 Å². The van der Waals surface area contributed by atoms with Gasteiger partial charge in [-0.1, -0.05) is 18.2 Å². The first-order chi connectivity index (χ1) is 11.2. The third-order valence-corrected chi connectivity index (χ3v) is 3.38. The minimum atomic E-state index is -0.119. The first-order valence-corrected chi connectivity index (χ1v) is 7.57. The topological polar surface area (TPSA) is 61.4 Å². The fourth-order valence-electron chi connectivity index (χ4n) is 2.27. The second-order valence-electron chi connectivity index (χ2n) is 5.04. The number of nitrogens with one attached hydrogen (secondary N) is 2. The lowest BCUT2D eigenvalue weighted by molar-refractivity contribution is -0.115. The van der Waals surface area contributed by atoms with Gasteiger partial charge in [0.2, 0.25) is 5.91 Å². The average molecular weight is 311 g/mol. The molecular weight excluding hydrogens is 290 g/mol. The second kappa shape index (κ2) is 8.10. The van der Waals surface area contributed by atoms with E-state index >= 15 is 0 Å². The number of carbonyl (C=O) groups is 2. The second-order valence-corrected chi connectivity index (χ2v) is 5.04. The Morgan fingerprint density at radius 1 is 1.00 bits per heavy atom. The van der Waals surface area contributed by atoms with Crippen molar-refractivity contribution < 1.29 is 9.59 Å². The smallest absolute Gasteiger partial charge is 0.258 e. The molecule has 0 unspecified atom stereocenters. The van der Waals surface area contributed by atoms with Crippen LogP contribution in [0.1, 0.15) is 17.3 Å². The van der Waals surface area contributed by atoms with Crippen LogP contribution >= 0.6 is 0 Å². The van der Waals surface area contributed by atoms with Crippen LogP contribution in [0.25, 0.3) is 0 Å². The van der Waals surface area contributed by atoms with Crippen LogP contribution in [0, 0.1) is 0 Å². The van der Waals surface area contributed by atoms with Crippen molar-refractivity contribution in [3.8, 4) is 0 Å². The molecule has 0 radical (unpaired) electrons. The van der Waals surface area contributed by atoms with Crippen LogP contribution < -0.4 is 15.5 Å². The number of likely N-dealkylation sites (N-methyl/N-ethyl adjacent to an activating group) is 1. The predicted octanol–water partition coefficient (Wildman–Crippen LogP) is 2.51. The summed E-state index contributed by atoms with van der Waals surface area (Å²) in [5.74, 6) is -0.183. The van der Waals surface area contributed by atoms with Gasteiger partial charge in [-0.15, -0.1) is 0 Å². The molecule has 0 heterocycles. The Morgan fingerprint density at radius 2 is 1.65 bits per heavy atom. The van der Waals surface area contributed by atoms with Crippen LogP contribution in [-0.2, 0) is 4.79 Å². The van der Waals surface area contributed by atoms with Crippen molar-refractivity contribution in [2.45, 2.75) is 6.92 Å². The molecule has 5 heteroatoms. The van der Waals surface area contributed by atoms with Gasteiger partial charge in [0.05, 0.1) is 6.54 Å². The molecule has 120 valence electrons. The lowest BCUT2D eigenvalue weighted by atomic mass is 10.1. The molecule has 0 aromatic heterocycles. The Balaban J connectivity index is 2.11. The number of hydrogen-bond donors (Lipinski definition) is 2. The van der Waals surface area contributed by atoms with Crippen LogP contribution in [0.4, 0.5) is 11.4 Å². The van der Waals surface area contributed by atoms with E-state index in [9.17, 15) is 9.59 Å². The van der Waals surface area contributed by atoms with Gasteiger partial charge in [0.15, 0.2) is 0 Å². The minimum Gasteiger partial charge on any atom is -0.325 e. The van der Waals surface area contributed by atoms with E-state index in [-0.39, 0.29) is 18.4 Å². The van der Waals surface area contributed by atoms with Crippen LogP contribution in [0.15, 0.2) is 54.6 Å². The van der Waals surface area contributed by atoms with Crippen LogP contribution in [0.3, 0.4) is 0 Å². The van der Waals surface area contributed by atoms with Crippen molar-refractivity contribution in [3.05, 3.63) is 60.2 Å². The van der Waals surface area contributed by atoms with Crippen molar-refractivity contribution in [1.29, 1.82) is 0 Å². The fraction of sp³-hybridized carbons (Fsp3) is 0.222. The molecule has 0 aliphatic rings. The third kappa shape index (κ3) is 4.40. The molecule has 0 spiro atoms. The van der Waals surface area contributed by atoms with Crippen LogP contribution in [0.2, 0.25) is 0 Å². The molecule has 2 N–H and O–H groups in total. The fourth-order valence-corrected chi connectivity index (χ4v) is 2.27. The highest BCUT2D eigenvalue weighted by Crippen LogP contribution is 2.18. The Bertz CT molecular complexity index is 654. The summed E-state index contributed by atoms with van der Waals surface area (Å²) >= 11 is 0. The van der Waals surface area contributed by atoms with E-state index < -0.39 is 0 Å². The number of rotatable bonds is 6. The van der Waals surface area contributed by atoms with Crippen molar-refractivity contribution in [2.75, 3.05) is 30.4 Å². The van der Waals surface area contributed by atoms with E-state index in [0.717, 1.165) is 5.69 Å². The van der Waals surface area contributed by atoms with E-state index in [1.54, 1.807) is 36.2 Å². The quantitative estimate of drug-likeness (QED) is 0.861. The molecule has 0 saturated heterocycles. The molecule has 0 fully saturated rings. The zero-order chi connectivity index (χ0) is 16.7. The Labute approximate surface area is 136 Å². The number of amides is 2. The van der Waals surface area contributed by atoms with Gasteiger partial charge >= 0.3 is 0 Å². The van der Waals surface area contributed by atoms with Crippen molar-refractivity contribution in [2.24, 2.45) is 0 Å². The highest BCUT2D eigenvalue weighted by molar-refractivity contribution is 6.06. The van der Waals surface area contributed by atoms with E-state index in [1.807, 2.05) is 37.3 Å². The van der Waals surface area contributed by atoms with Gasteiger partial charge < -0.3 is 15.5 Å². The molecule has 0 saturated carbocycles. The molecule has 0 bridgehead atoms. The maximum absolute atomic E-state index is 12.6. The van der Waals surface area contributed by atoms with Crippen molar-refractivity contribution in [1.82, 2.24) is 5.32 Å². The maximum Gasteiger partial charge on any atom is 0.258 e. The number of benzene rings is 2. The summed E-state index contributed by atoms with van der Waals surface area (Å²) in [6.45, 7) is 2.78. The molecule has 2 rings (SSSR count). The number of carbonyl (C=O) groups excluding carboxylic acids is 2. The van der Waals surface area contributed by atoms with E-state index in [1.165, 1.54) is 0 Å². The first kappa shape index (κ1) is 16.7. The predicted molar refractivity (Wildman–Crippen MR) is 92.8 cm³/mol. The number of anilines is 2.